The molecular formula is C25H27ClN6O4S3. The number of nitriles is 1. The normalized spacial score (nSPS) is 18.7. The number of piperazine rings is 1. The van der Waals surface area contributed by atoms with Crippen LogP contribution in [-0.4, -0.2) is 78.6 Å². The van der Waals surface area contributed by atoms with Crippen molar-refractivity contribution in [2.75, 3.05) is 33.2 Å². The molecule has 1 aromatic carbocycles. The number of hydrogen-bond donors (Lipinski definition) is 1. The number of nitrogens with two attached hydrogens (primary N) is 1. The Kier molecular flexibility index (Phi) is 7.96. The number of primary amides is 1. The van der Waals surface area contributed by atoms with E-state index in [-0.39, 0.29) is 42.6 Å². The van der Waals surface area contributed by atoms with Gasteiger partial charge in [0.2, 0.25) is 5.91 Å². The molecule has 206 valence electrons. The minimum Gasteiger partial charge on any atom is -0.369 e. The number of amides is 2. The molecule has 2 amide bonds. The van der Waals surface area contributed by atoms with Gasteiger partial charge in [-0.3, -0.25) is 9.59 Å². The molecule has 3 aromatic rings. The zero-order chi connectivity index (χ0) is 27.9. The van der Waals surface area contributed by atoms with Gasteiger partial charge in [0.05, 0.1) is 18.2 Å². The van der Waals surface area contributed by atoms with Crippen LogP contribution < -0.4 is 5.73 Å². The van der Waals surface area contributed by atoms with Crippen LogP contribution in [-0.2, 0) is 34.2 Å². The van der Waals surface area contributed by atoms with Gasteiger partial charge in [0.25, 0.3) is 15.9 Å². The summed E-state index contributed by atoms with van der Waals surface area (Å²) in [5.41, 5.74) is 6.77. The lowest BCUT2D eigenvalue weighted by atomic mass is 10.1. The first-order valence-electron chi connectivity index (χ1n) is 12.4. The number of sulfonamides is 1. The molecule has 5 rings (SSSR count). The fraction of sp³-hybridized carbons (Fsp3) is 0.440. The third-order valence-electron chi connectivity index (χ3n) is 7.04. The number of thiophene rings is 1. The molecule has 1 fully saturated rings. The van der Waals surface area contributed by atoms with Crippen LogP contribution in [0.1, 0.15) is 38.8 Å². The summed E-state index contributed by atoms with van der Waals surface area (Å²) in [7, 11) is -2.00. The number of hydrogen-bond acceptors (Lipinski definition) is 9. The Morgan fingerprint density at radius 1 is 1.26 bits per heavy atom. The number of fused-ring (bicyclic) bond motifs is 2. The number of aromatic nitrogens is 1. The molecule has 0 aliphatic carbocycles. The van der Waals surface area contributed by atoms with Crippen LogP contribution in [0.15, 0.2) is 22.4 Å². The topological polar surface area (TPSA) is 141 Å². The van der Waals surface area contributed by atoms with Crippen LogP contribution in [0.25, 0.3) is 10.1 Å². The van der Waals surface area contributed by atoms with Crippen molar-refractivity contribution < 1.29 is 18.0 Å². The van der Waals surface area contributed by atoms with Crippen LogP contribution in [0.4, 0.5) is 0 Å². The number of halogens is 1. The standard InChI is InChI=1S/C25H27ClN6O4S3/c1-30-8-6-19-21(14-30)37-23(29-19)24(34)32-10-9-31(13-16(32)3-2-7-27)39(35,36)25-18(12-22(28)33)17-5-4-15(26)11-20(17)38-25/h4-5,11,16H,2-3,6,8-10,12-14H2,1H3,(H2,28,33). The summed E-state index contributed by atoms with van der Waals surface area (Å²) < 4.78 is 29.9. The SMILES string of the molecule is CN1CCc2nc(C(=O)N3CCN(S(=O)(=O)c4sc5cc(Cl)ccc5c4CC(N)=O)CC3CCC#N)sc2C1. The molecule has 10 nitrogen and oxygen atoms in total. The van der Waals surface area contributed by atoms with Gasteiger partial charge in [-0.25, -0.2) is 13.4 Å². The Morgan fingerprint density at radius 3 is 2.79 bits per heavy atom. The number of carbonyl (C=O) groups is 2. The fourth-order valence-corrected chi connectivity index (χ4v) is 9.90. The predicted octanol–water partition coefficient (Wildman–Crippen LogP) is 2.85. The maximum absolute atomic E-state index is 13.9. The Bertz CT molecular complexity index is 1590. The molecule has 1 atom stereocenters. The minimum absolute atomic E-state index is 0.0363. The number of thiazole rings is 1. The van der Waals surface area contributed by atoms with E-state index < -0.39 is 22.0 Å². The molecule has 0 saturated carbocycles. The highest BCUT2D eigenvalue weighted by molar-refractivity contribution is 7.91. The van der Waals surface area contributed by atoms with Gasteiger partial charge >= 0.3 is 0 Å². The van der Waals surface area contributed by atoms with Crippen LogP contribution >= 0.6 is 34.3 Å². The van der Waals surface area contributed by atoms with E-state index in [1.54, 1.807) is 23.1 Å². The van der Waals surface area contributed by atoms with Crippen molar-refractivity contribution in [3.05, 3.63) is 44.4 Å². The van der Waals surface area contributed by atoms with E-state index in [1.807, 2.05) is 7.05 Å². The van der Waals surface area contributed by atoms with Crippen LogP contribution in [0.5, 0.6) is 0 Å². The second-order valence-corrected chi connectivity index (χ2v) is 14.4. The maximum atomic E-state index is 13.9. The summed E-state index contributed by atoms with van der Waals surface area (Å²) >= 11 is 8.58. The third kappa shape index (κ3) is 5.54. The number of benzene rings is 1. The summed E-state index contributed by atoms with van der Waals surface area (Å²) in [5.74, 6) is -0.872. The average molecular weight is 607 g/mol. The van der Waals surface area contributed by atoms with Crippen molar-refractivity contribution in [2.45, 2.75) is 42.5 Å². The van der Waals surface area contributed by atoms with Crippen molar-refractivity contribution in [3.8, 4) is 6.07 Å². The van der Waals surface area contributed by atoms with Crippen molar-refractivity contribution in [2.24, 2.45) is 5.73 Å². The van der Waals surface area contributed by atoms with Gasteiger partial charge < -0.3 is 15.5 Å². The van der Waals surface area contributed by atoms with Crippen LogP contribution in [0.2, 0.25) is 5.02 Å². The molecule has 1 saturated heterocycles. The van der Waals surface area contributed by atoms with Gasteiger partial charge in [0.1, 0.15) is 4.21 Å². The highest BCUT2D eigenvalue weighted by atomic mass is 35.5. The van der Waals surface area contributed by atoms with Crippen molar-refractivity contribution in [1.29, 1.82) is 5.26 Å². The summed E-state index contributed by atoms with van der Waals surface area (Å²) in [6.45, 7) is 1.91. The van der Waals surface area contributed by atoms with E-state index in [9.17, 15) is 23.3 Å². The van der Waals surface area contributed by atoms with Gasteiger partial charge in [-0.1, -0.05) is 17.7 Å². The van der Waals surface area contributed by atoms with E-state index in [1.165, 1.54) is 15.6 Å². The summed E-state index contributed by atoms with van der Waals surface area (Å²) in [6, 6.07) is 6.63. The van der Waals surface area contributed by atoms with Crippen molar-refractivity contribution in [1.82, 2.24) is 19.1 Å². The van der Waals surface area contributed by atoms with E-state index >= 15 is 0 Å². The molecule has 2 aliphatic rings. The zero-order valence-electron chi connectivity index (χ0n) is 21.2. The minimum atomic E-state index is -4.03. The quantitative estimate of drug-likeness (QED) is 0.436. The Hall–Kier alpha value is -2.60. The lowest BCUT2D eigenvalue weighted by Gasteiger charge is -2.40. The number of carbonyl (C=O) groups excluding carboxylic acids is 2. The molecule has 14 heteroatoms. The molecule has 2 aromatic heterocycles. The van der Waals surface area contributed by atoms with Gasteiger partial charge in [0.15, 0.2) is 5.01 Å². The van der Waals surface area contributed by atoms with E-state index in [0.717, 1.165) is 41.4 Å². The molecule has 0 spiro atoms. The van der Waals surface area contributed by atoms with Gasteiger partial charge in [-0.2, -0.15) is 9.57 Å². The monoisotopic (exact) mass is 606 g/mol. The van der Waals surface area contributed by atoms with Gasteiger partial charge in [-0.15, -0.1) is 22.7 Å². The molecule has 0 bridgehead atoms. The second kappa shape index (κ2) is 11.1. The highest BCUT2D eigenvalue weighted by Crippen LogP contribution is 2.39. The van der Waals surface area contributed by atoms with Crippen molar-refractivity contribution >= 4 is 66.2 Å². The summed E-state index contributed by atoms with van der Waals surface area (Å²) in [6.07, 6.45) is 1.07. The van der Waals surface area contributed by atoms with Crippen LogP contribution in [0.3, 0.4) is 0 Å². The van der Waals surface area contributed by atoms with Crippen molar-refractivity contribution in [3.63, 3.8) is 0 Å². The number of rotatable bonds is 7. The summed E-state index contributed by atoms with van der Waals surface area (Å²) in [5, 5.41) is 10.7. The van der Waals surface area contributed by atoms with E-state index in [2.05, 4.69) is 16.0 Å². The van der Waals surface area contributed by atoms with Crippen LogP contribution in [0, 0.1) is 11.3 Å². The third-order valence-corrected chi connectivity index (χ3v) is 11.9. The molecule has 2 aliphatic heterocycles. The first-order chi connectivity index (χ1) is 18.6. The number of likely N-dealkylation sites (N-methyl/N-ethyl adjacent to an activating group) is 1. The Balaban J connectivity index is 1.44. The van der Waals surface area contributed by atoms with Gasteiger partial charge in [-0.05, 0) is 31.0 Å². The molecular weight excluding hydrogens is 580 g/mol. The molecule has 4 heterocycles. The predicted molar refractivity (Wildman–Crippen MR) is 150 cm³/mol. The fourth-order valence-electron chi connectivity index (χ4n) is 5.10. The first-order valence-corrected chi connectivity index (χ1v) is 15.9. The summed E-state index contributed by atoms with van der Waals surface area (Å²) in [4.78, 5) is 35.0. The molecule has 2 N–H and O–H groups in total. The highest BCUT2D eigenvalue weighted by Gasteiger charge is 2.39. The molecule has 39 heavy (non-hydrogen) atoms. The molecule has 1 unspecified atom stereocenters. The lowest BCUT2D eigenvalue weighted by Crippen LogP contribution is -2.56. The number of nitrogens with zero attached hydrogens (tertiary/aromatic N) is 5. The zero-order valence-corrected chi connectivity index (χ0v) is 24.4. The Morgan fingerprint density at radius 2 is 2.05 bits per heavy atom. The second-order valence-electron chi connectivity index (χ2n) is 9.74. The average Bonchev–Trinajstić information content (AvgIpc) is 3.47. The largest absolute Gasteiger partial charge is 0.369 e. The first kappa shape index (κ1) is 27.9. The molecule has 0 radical (unpaired) electrons. The maximum Gasteiger partial charge on any atom is 0.283 e. The Labute approximate surface area is 239 Å². The smallest absolute Gasteiger partial charge is 0.283 e. The van der Waals surface area contributed by atoms with Gasteiger partial charge in [0, 0.05) is 71.8 Å². The lowest BCUT2D eigenvalue weighted by molar-refractivity contribution is -0.117. The van der Waals surface area contributed by atoms with E-state index in [0.29, 0.717) is 32.1 Å². The van der Waals surface area contributed by atoms with E-state index in [4.69, 9.17) is 17.3 Å².